The molecule has 3 nitrogen and oxygen atoms in total. The van der Waals surface area contributed by atoms with Gasteiger partial charge in [-0.2, -0.15) is 0 Å². The highest BCUT2D eigenvalue weighted by Gasteiger charge is 2.44. The van der Waals surface area contributed by atoms with Crippen LogP contribution in [0.15, 0.2) is 24.3 Å². The monoisotopic (exact) mass is 296 g/mol. The lowest BCUT2D eigenvalue weighted by Crippen LogP contribution is -2.39. The zero-order valence-corrected chi connectivity index (χ0v) is 13.3. The quantitative estimate of drug-likeness (QED) is 0.847. The van der Waals surface area contributed by atoms with E-state index < -0.39 is 0 Å². The van der Waals surface area contributed by atoms with Gasteiger partial charge in [0.1, 0.15) is 0 Å². The largest absolute Gasteiger partial charge is 0.354 e. The molecule has 3 atom stereocenters. The van der Waals surface area contributed by atoms with Crippen LogP contribution in [-0.4, -0.2) is 25.0 Å². The van der Waals surface area contributed by atoms with Crippen LogP contribution in [0.3, 0.4) is 0 Å². The zero-order valence-electron chi connectivity index (χ0n) is 12.5. The molecule has 1 aliphatic rings. The smallest absolute Gasteiger partial charge is 0.223 e. The normalized spacial score (nSPS) is 21.8. The molecule has 0 aromatic heterocycles. The van der Waals surface area contributed by atoms with Crippen molar-refractivity contribution in [3.63, 3.8) is 0 Å². The van der Waals surface area contributed by atoms with Crippen LogP contribution in [0.25, 0.3) is 0 Å². The summed E-state index contributed by atoms with van der Waals surface area (Å²) in [5.74, 6) is 0.809. The molecule has 0 spiro atoms. The number of carbonyl (C=O) groups is 1. The van der Waals surface area contributed by atoms with Crippen LogP contribution in [0, 0.1) is 12.8 Å². The molecule has 1 aromatic carbocycles. The molecule has 1 fully saturated rings. The molecule has 2 N–H and O–H groups in total. The maximum Gasteiger partial charge on any atom is 0.223 e. The lowest BCUT2D eigenvalue weighted by molar-refractivity contribution is -0.122. The SMILES string of the molecule is CCN[C@H](C)CNC(=O)C1CC1c1ccccc1C.Cl. The Labute approximate surface area is 127 Å². The molecule has 1 saturated carbocycles. The van der Waals surface area contributed by atoms with Gasteiger partial charge in [0, 0.05) is 18.5 Å². The first-order valence-electron chi connectivity index (χ1n) is 7.20. The van der Waals surface area contributed by atoms with E-state index in [1.165, 1.54) is 11.1 Å². The van der Waals surface area contributed by atoms with Gasteiger partial charge in [-0.15, -0.1) is 12.4 Å². The first kappa shape index (κ1) is 17.0. The van der Waals surface area contributed by atoms with Crippen molar-refractivity contribution in [2.24, 2.45) is 5.92 Å². The third kappa shape index (κ3) is 4.22. The Morgan fingerprint density at radius 1 is 1.40 bits per heavy atom. The zero-order chi connectivity index (χ0) is 13.8. The Bertz CT molecular complexity index is 450. The van der Waals surface area contributed by atoms with Crippen LogP contribution >= 0.6 is 12.4 Å². The minimum Gasteiger partial charge on any atom is -0.354 e. The fourth-order valence-electron chi connectivity index (χ4n) is 2.64. The average molecular weight is 297 g/mol. The van der Waals surface area contributed by atoms with Crippen molar-refractivity contribution >= 4 is 18.3 Å². The number of nitrogens with one attached hydrogen (secondary N) is 2. The minimum atomic E-state index is 0. The number of benzene rings is 1. The number of likely N-dealkylation sites (N-methyl/N-ethyl adjacent to an activating group) is 1. The number of amides is 1. The third-order valence-corrected chi connectivity index (χ3v) is 3.85. The van der Waals surface area contributed by atoms with E-state index in [1.807, 2.05) is 6.07 Å². The van der Waals surface area contributed by atoms with E-state index in [0.717, 1.165) is 13.0 Å². The summed E-state index contributed by atoms with van der Waals surface area (Å²) >= 11 is 0. The molecule has 112 valence electrons. The summed E-state index contributed by atoms with van der Waals surface area (Å²) in [4.78, 5) is 12.1. The third-order valence-electron chi connectivity index (χ3n) is 3.85. The van der Waals surface area contributed by atoms with Crippen LogP contribution in [0.5, 0.6) is 0 Å². The number of aryl methyl sites for hydroxylation is 1. The highest BCUT2D eigenvalue weighted by atomic mass is 35.5. The molecular weight excluding hydrogens is 272 g/mol. The Kier molecular flexibility index (Phi) is 6.50. The van der Waals surface area contributed by atoms with Gasteiger partial charge in [0.05, 0.1) is 0 Å². The molecular formula is C16H25ClN2O. The fourth-order valence-corrected chi connectivity index (χ4v) is 2.64. The summed E-state index contributed by atoms with van der Waals surface area (Å²) in [6.07, 6.45) is 0.992. The van der Waals surface area contributed by atoms with Crippen LogP contribution in [0.2, 0.25) is 0 Å². The Balaban J connectivity index is 0.00000200. The molecule has 0 radical (unpaired) electrons. The number of hydrogen-bond donors (Lipinski definition) is 2. The van der Waals surface area contributed by atoms with Gasteiger partial charge in [0.2, 0.25) is 5.91 Å². The summed E-state index contributed by atoms with van der Waals surface area (Å²) in [6.45, 7) is 7.94. The van der Waals surface area contributed by atoms with Crippen molar-refractivity contribution in [2.45, 2.75) is 39.2 Å². The summed E-state index contributed by atoms with van der Waals surface area (Å²) < 4.78 is 0. The number of halogens is 1. The second kappa shape index (κ2) is 7.65. The molecule has 20 heavy (non-hydrogen) atoms. The molecule has 0 heterocycles. The van der Waals surface area contributed by atoms with Gasteiger partial charge >= 0.3 is 0 Å². The maximum absolute atomic E-state index is 12.1. The number of hydrogen-bond acceptors (Lipinski definition) is 2. The second-order valence-electron chi connectivity index (χ2n) is 5.51. The maximum atomic E-state index is 12.1. The minimum absolute atomic E-state index is 0. The van der Waals surface area contributed by atoms with Crippen molar-refractivity contribution in [1.82, 2.24) is 10.6 Å². The van der Waals surface area contributed by atoms with Crippen LogP contribution in [0.4, 0.5) is 0 Å². The van der Waals surface area contributed by atoms with Gasteiger partial charge in [0.25, 0.3) is 0 Å². The van der Waals surface area contributed by atoms with Crippen molar-refractivity contribution in [1.29, 1.82) is 0 Å². The Morgan fingerprint density at radius 3 is 2.75 bits per heavy atom. The Hall–Kier alpha value is -1.06. The molecule has 1 aromatic rings. The van der Waals surface area contributed by atoms with E-state index in [9.17, 15) is 4.79 Å². The van der Waals surface area contributed by atoms with Crippen molar-refractivity contribution in [3.8, 4) is 0 Å². The van der Waals surface area contributed by atoms with E-state index in [-0.39, 0.29) is 24.2 Å². The molecule has 2 rings (SSSR count). The molecule has 0 saturated heterocycles. The first-order chi connectivity index (χ1) is 9.13. The lowest BCUT2D eigenvalue weighted by atomic mass is 10.0. The molecule has 1 amide bonds. The van der Waals surface area contributed by atoms with Crippen molar-refractivity contribution in [2.75, 3.05) is 13.1 Å². The van der Waals surface area contributed by atoms with Gasteiger partial charge in [0.15, 0.2) is 0 Å². The lowest BCUT2D eigenvalue weighted by Gasteiger charge is -2.13. The van der Waals surface area contributed by atoms with Gasteiger partial charge in [-0.25, -0.2) is 0 Å². The predicted molar refractivity (Wildman–Crippen MR) is 85.4 cm³/mol. The predicted octanol–water partition coefficient (Wildman–Crippen LogP) is 2.63. The van der Waals surface area contributed by atoms with E-state index >= 15 is 0 Å². The van der Waals surface area contributed by atoms with Gasteiger partial charge in [-0.05, 0) is 43.9 Å². The molecule has 4 heteroatoms. The molecule has 2 unspecified atom stereocenters. The standard InChI is InChI=1S/C16H24N2O.ClH/c1-4-17-12(3)10-18-16(19)15-9-14(15)13-8-6-5-7-11(13)2;/h5-8,12,14-15,17H,4,9-10H2,1-3H3,(H,18,19);1H/t12-,14?,15?;/m1./s1. The van der Waals surface area contributed by atoms with E-state index in [1.54, 1.807) is 0 Å². The van der Waals surface area contributed by atoms with Gasteiger partial charge in [-0.3, -0.25) is 4.79 Å². The summed E-state index contributed by atoms with van der Waals surface area (Å²) in [5.41, 5.74) is 2.63. The van der Waals surface area contributed by atoms with E-state index in [4.69, 9.17) is 0 Å². The number of rotatable bonds is 6. The van der Waals surface area contributed by atoms with Crippen LogP contribution in [0.1, 0.15) is 37.3 Å². The summed E-state index contributed by atoms with van der Waals surface area (Å²) in [5, 5.41) is 6.34. The van der Waals surface area contributed by atoms with Gasteiger partial charge in [-0.1, -0.05) is 31.2 Å². The molecule has 0 bridgehead atoms. The van der Waals surface area contributed by atoms with Crippen molar-refractivity contribution < 1.29 is 4.79 Å². The molecule has 0 aliphatic heterocycles. The van der Waals surface area contributed by atoms with E-state index in [2.05, 4.69) is 49.6 Å². The fraction of sp³-hybridized carbons (Fsp3) is 0.562. The average Bonchev–Trinajstić information content (AvgIpc) is 3.17. The van der Waals surface area contributed by atoms with Crippen LogP contribution < -0.4 is 10.6 Å². The second-order valence-corrected chi connectivity index (χ2v) is 5.51. The van der Waals surface area contributed by atoms with Gasteiger partial charge < -0.3 is 10.6 Å². The van der Waals surface area contributed by atoms with E-state index in [0.29, 0.717) is 18.5 Å². The Morgan fingerprint density at radius 2 is 2.10 bits per heavy atom. The summed E-state index contributed by atoms with van der Waals surface area (Å²) in [6, 6.07) is 8.71. The number of carbonyl (C=O) groups excluding carboxylic acids is 1. The first-order valence-corrected chi connectivity index (χ1v) is 7.20. The highest BCUT2D eigenvalue weighted by Crippen LogP contribution is 2.48. The van der Waals surface area contributed by atoms with Crippen LogP contribution in [-0.2, 0) is 4.79 Å². The summed E-state index contributed by atoms with van der Waals surface area (Å²) in [7, 11) is 0. The topological polar surface area (TPSA) is 41.1 Å². The highest BCUT2D eigenvalue weighted by molar-refractivity contribution is 5.85. The van der Waals surface area contributed by atoms with Crippen molar-refractivity contribution in [3.05, 3.63) is 35.4 Å². The molecule has 1 aliphatic carbocycles.